The molecule has 0 aliphatic carbocycles. The van der Waals surface area contributed by atoms with Crippen LogP contribution in [-0.2, 0) is 0 Å². The summed E-state index contributed by atoms with van der Waals surface area (Å²) in [6.45, 7) is 6.85. The molecule has 1 heteroatoms. The third-order valence-electron chi connectivity index (χ3n) is 0.424. The molecular formula is C8H6S. The van der Waals surface area contributed by atoms with Crippen molar-refractivity contribution in [3.8, 4) is 22.3 Å². The molecule has 0 amide bonds. The Bertz CT molecular complexity index is 180. The van der Waals surface area contributed by atoms with Crippen molar-refractivity contribution >= 4 is 11.8 Å². The van der Waals surface area contributed by atoms with Gasteiger partial charge in [-0.25, -0.2) is 0 Å². The van der Waals surface area contributed by atoms with Gasteiger partial charge in [-0.3, -0.25) is 0 Å². The smallest absolute Gasteiger partial charge is 0.0141 e. The molecule has 0 aliphatic rings. The van der Waals surface area contributed by atoms with E-state index in [1.165, 1.54) is 23.9 Å². The first-order chi connectivity index (χ1) is 4.41. The van der Waals surface area contributed by atoms with Crippen LogP contribution in [0.2, 0.25) is 0 Å². The molecule has 0 rings (SSSR count). The molecule has 0 spiro atoms. The predicted molar refractivity (Wildman–Crippen MR) is 43.5 cm³/mol. The summed E-state index contributed by atoms with van der Waals surface area (Å²) in [4.78, 5) is 0. The fourth-order valence-corrected chi connectivity index (χ4v) is 0.503. The zero-order chi connectivity index (χ0) is 6.95. The van der Waals surface area contributed by atoms with Gasteiger partial charge in [-0.1, -0.05) is 25.0 Å². The monoisotopic (exact) mass is 134 g/mol. The van der Waals surface area contributed by atoms with E-state index in [-0.39, 0.29) is 0 Å². The summed E-state index contributed by atoms with van der Waals surface area (Å²) in [7, 11) is 0. The second-order valence-corrected chi connectivity index (χ2v) is 1.62. The maximum Gasteiger partial charge on any atom is 0.0141 e. The molecule has 0 heterocycles. The van der Waals surface area contributed by atoms with Crippen LogP contribution in [0.1, 0.15) is 0 Å². The van der Waals surface area contributed by atoms with E-state index in [9.17, 15) is 0 Å². The van der Waals surface area contributed by atoms with Crippen LogP contribution in [0.4, 0.5) is 0 Å². The molecule has 0 N–H and O–H groups in total. The van der Waals surface area contributed by atoms with E-state index >= 15 is 0 Å². The van der Waals surface area contributed by atoms with Crippen molar-refractivity contribution in [2.45, 2.75) is 0 Å². The predicted octanol–water partition coefficient (Wildman–Crippen LogP) is 2.01. The highest BCUT2D eigenvalue weighted by Crippen LogP contribution is 1.89. The molecule has 0 unspecified atom stereocenters. The Kier molecular flexibility index (Phi) is 6.14. The molecule has 44 valence electrons. The molecule has 0 radical (unpaired) electrons. The number of rotatable bonds is 0. The van der Waals surface area contributed by atoms with Gasteiger partial charge in [-0.05, 0) is 22.7 Å². The highest BCUT2D eigenvalue weighted by Gasteiger charge is 1.61. The summed E-state index contributed by atoms with van der Waals surface area (Å²) in [5, 5.41) is 5.39. The average molecular weight is 134 g/mol. The minimum absolute atomic E-state index is 1.24. The Morgan fingerprint density at radius 2 is 1.44 bits per heavy atom. The van der Waals surface area contributed by atoms with E-state index in [4.69, 9.17) is 0 Å². The SMILES string of the molecule is C=CC#CSC#CC=C. The first-order valence-corrected chi connectivity index (χ1v) is 3.12. The van der Waals surface area contributed by atoms with Crippen molar-refractivity contribution in [1.82, 2.24) is 0 Å². The molecule has 0 aromatic carbocycles. The van der Waals surface area contributed by atoms with Gasteiger partial charge in [0.1, 0.15) is 0 Å². The van der Waals surface area contributed by atoms with Crippen LogP contribution in [-0.4, -0.2) is 0 Å². The molecule has 0 atom stereocenters. The first kappa shape index (κ1) is 7.95. The molecule has 0 aliphatic heterocycles. The van der Waals surface area contributed by atoms with Crippen LogP contribution >= 0.6 is 11.8 Å². The van der Waals surface area contributed by atoms with Crippen LogP contribution in [0.5, 0.6) is 0 Å². The average Bonchev–Trinajstić information content (AvgIpc) is 1.89. The molecule has 0 bridgehead atoms. The van der Waals surface area contributed by atoms with Crippen molar-refractivity contribution in [3.05, 3.63) is 25.3 Å². The van der Waals surface area contributed by atoms with Crippen molar-refractivity contribution in [2.24, 2.45) is 0 Å². The van der Waals surface area contributed by atoms with Crippen LogP contribution < -0.4 is 0 Å². The standard InChI is InChI=1S/C8H6S/c1-3-5-7-9-8-6-4-2/h3-4H,1-2H2. The minimum Gasteiger partial charge on any atom is -0.0906 e. The molecule has 0 saturated carbocycles. The second kappa shape index (κ2) is 6.95. The van der Waals surface area contributed by atoms with E-state index in [2.05, 4.69) is 35.5 Å². The maximum atomic E-state index is 3.42. The second-order valence-electron chi connectivity index (χ2n) is 1.00. The minimum atomic E-state index is 1.24. The highest BCUT2D eigenvalue weighted by atomic mass is 32.2. The Labute approximate surface area is 60.0 Å². The summed E-state index contributed by atoms with van der Waals surface area (Å²) >= 11 is 1.24. The van der Waals surface area contributed by atoms with Crippen molar-refractivity contribution < 1.29 is 0 Å². The highest BCUT2D eigenvalue weighted by molar-refractivity contribution is 8.08. The van der Waals surface area contributed by atoms with Crippen LogP contribution in [0.25, 0.3) is 0 Å². The third kappa shape index (κ3) is 6.95. The summed E-state index contributed by atoms with van der Waals surface area (Å²) in [6.07, 6.45) is 3.06. The van der Waals surface area contributed by atoms with E-state index < -0.39 is 0 Å². The van der Waals surface area contributed by atoms with Gasteiger partial charge in [0.2, 0.25) is 0 Å². The zero-order valence-corrected chi connectivity index (χ0v) is 5.79. The quantitative estimate of drug-likeness (QED) is 0.457. The topological polar surface area (TPSA) is 0 Å². The number of thioether (sulfide) groups is 1. The number of hydrogen-bond donors (Lipinski definition) is 0. The third-order valence-corrected chi connectivity index (χ3v) is 0.864. The molecule has 0 saturated heterocycles. The van der Waals surface area contributed by atoms with Crippen molar-refractivity contribution in [2.75, 3.05) is 0 Å². The molecule has 0 nitrogen and oxygen atoms in total. The lowest BCUT2D eigenvalue weighted by molar-refractivity contribution is 2.32. The van der Waals surface area contributed by atoms with Gasteiger partial charge < -0.3 is 0 Å². The summed E-state index contributed by atoms with van der Waals surface area (Å²) in [5.74, 6) is 5.29. The molecular weight excluding hydrogens is 128 g/mol. The summed E-state index contributed by atoms with van der Waals surface area (Å²) in [6, 6.07) is 0. The Balaban J connectivity index is 3.51. The van der Waals surface area contributed by atoms with Crippen LogP contribution in [0.3, 0.4) is 0 Å². The maximum absolute atomic E-state index is 3.42. The van der Waals surface area contributed by atoms with Gasteiger partial charge in [0.25, 0.3) is 0 Å². The van der Waals surface area contributed by atoms with Gasteiger partial charge in [0.15, 0.2) is 0 Å². The van der Waals surface area contributed by atoms with Crippen LogP contribution in [0.15, 0.2) is 25.3 Å². The lowest BCUT2D eigenvalue weighted by Gasteiger charge is -1.64. The van der Waals surface area contributed by atoms with E-state index in [1.54, 1.807) is 0 Å². The Morgan fingerprint density at radius 1 is 1.00 bits per heavy atom. The number of hydrogen-bond acceptors (Lipinski definition) is 1. The Hall–Kier alpha value is -1.05. The van der Waals surface area contributed by atoms with Crippen molar-refractivity contribution in [3.63, 3.8) is 0 Å². The van der Waals surface area contributed by atoms with E-state index in [1.807, 2.05) is 0 Å². The lowest BCUT2D eigenvalue weighted by atomic mass is 10.7. The van der Waals surface area contributed by atoms with E-state index in [0.29, 0.717) is 0 Å². The summed E-state index contributed by atoms with van der Waals surface area (Å²) < 4.78 is 0. The first-order valence-electron chi connectivity index (χ1n) is 2.30. The van der Waals surface area contributed by atoms with E-state index in [0.717, 1.165) is 0 Å². The van der Waals surface area contributed by atoms with Gasteiger partial charge in [0.05, 0.1) is 0 Å². The molecule has 0 aromatic rings. The number of allylic oxidation sites excluding steroid dienone is 2. The molecule has 0 fully saturated rings. The fraction of sp³-hybridized carbons (Fsp3) is 0. The van der Waals surface area contributed by atoms with Crippen LogP contribution in [0, 0.1) is 22.3 Å². The fourth-order valence-electron chi connectivity index (χ4n) is 0.168. The lowest BCUT2D eigenvalue weighted by Crippen LogP contribution is -1.45. The summed E-state index contributed by atoms with van der Waals surface area (Å²) in [5.41, 5.74) is 0. The van der Waals surface area contributed by atoms with Gasteiger partial charge in [0, 0.05) is 11.8 Å². The largest absolute Gasteiger partial charge is 0.0906 e. The van der Waals surface area contributed by atoms with Gasteiger partial charge in [-0.2, -0.15) is 0 Å². The zero-order valence-electron chi connectivity index (χ0n) is 4.98. The normalized spacial score (nSPS) is 5.33. The molecule has 0 aromatic heterocycles. The van der Waals surface area contributed by atoms with Gasteiger partial charge >= 0.3 is 0 Å². The Morgan fingerprint density at radius 3 is 1.78 bits per heavy atom. The van der Waals surface area contributed by atoms with Gasteiger partial charge in [-0.15, -0.1) is 0 Å². The molecule has 9 heavy (non-hydrogen) atoms. The van der Waals surface area contributed by atoms with Crippen molar-refractivity contribution in [1.29, 1.82) is 0 Å².